The summed E-state index contributed by atoms with van der Waals surface area (Å²) in [7, 11) is 1.83. The number of halogens is 3. The van der Waals surface area contributed by atoms with Gasteiger partial charge in [-0.15, -0.1) is 11.3 Å². The number of hydrogen-bond donors (Lipinski definition) is 1. The average molecular weight is 408 g/mol. The van der Waals surface area contributed by atoms with Gasteiger partial charge < -0.3 is 10.2 Å². The molecule has 0 spiro atoms. The minimum Gasteiger partial charge on any atom is -0.376 e. The topological polar surface area (TPSA) is 57.6 Å². The first-order valence-electron chi connectivity index (χ1n) is 8.61. The van der Waals surface area contributed by atoms with Crippen LogP contribution in [0.3, 0.4) is 0 Å². The number of carbonyl (C=O) groups excluding carboxylic acids is 1. The van der Waals surface area contributed by atoms with E-state index in [2.05, 4.69) is 34.4 Å². The van der Waals surface area contributed by atoms with Crippen molar-refractivity contribution in [3.8, 4) is 0 Å². The maximum absolute atomic E-state index is 12.6. The number of pyridine rings is 1. The molecule has 9 heteroatoms. The molecule has 2 aromatic heterocycles. The van der Waals surface area contributed by atoms with Crippen molar-refractivity contribution in [1.29, 1.82) is 0 Å². The number of hydrogen-bond acceptors (Lipinski definition) is 5. The Morgan fingerprint density at radius 3 is 2.89 bits per heavy atom. The Kier molecular flexibility index (Phi) is 5.83. The van der Waals surface area contributed by atoms with Crippen molar-refractivity contribution in [3.05, 3.63) is 41.1 Å². The Morgan fingerprint density at radius 1 is 1.46 bits per heavy atom. The van der Waals surface area contributed by atoms with E-state index < -0.39 is 12.7 Å². The van der Waals surface area contributed by atoms with Crippen LogP contribution in [0.4, 0.5) is 24.5 Å². The van der Waals surface area contributed by atoms with Crippen LogP contribution in [0.2, 0.25) is 0 Å². The highest BCUT2D eigenvalue weighted by atomic mass is 32.1. The SMILES string of the molecule is CC1C=CC(N(C)C=Nc2c(C=O)sc3nccc(NCC(F)(F)F)c23)=CC1. The number of likely N-dealkylation sites (N-methyl/N-ethyl adjacent to an activating group) is 1. The normalized spacial score (nSPS) is 17.2. The van der Waals surface area contributed by atoms with Gasteiger partial charge in [0.15, 0.2) is 6.29 Å². The number of rotatable bonds is 6. The number of aldehydes is 1. The van der Waals surface area contributed by atoms with Gasteiger partial charge >= 0.3 is 6.18 Å². The van der Waals surface area contributed by atoms with Gasteiger partial charge in [0.05, 0.1) is 22.3 Å². The first kappa shape index (κ1) is 20.1. The van der Waals surface area contributed by atoms with E-state index in [1.165, 1.54) is 12.3 Å². The summed E-state index contributed by atoms with van der Waals surface area (Å²) in [6.07, 6.45) is 6.34. The molecule has 28 heavy (non-hydrogen) atoms. The number of allylic oxidation sites excluding steroid dienone is 3. The van der Waals surface area contributed by atoms with Gasteiger partial charge in [0.2, 0.25) is 0 Å². The first-order chi connectivity index (χ1) is 13.3. The fraction of sp³-hybridized carbons (Fsp3) is 0.316. The predicted molar refractivity (Wildman–Crippen MR) is 106 cm³/mol. The molecule has 0 radical (unpaired) electrons. The number of anilines is 1. The summed E-state index contributed by atoms with van der Waals surface area (Å²) in [5.74, 6) is 0.477. The predicted octanol–water partition coefficient (Wildman–Crippen LogP) is 5.15. The monoisotopic (exact) mass is 408 g/mol. The van der Waals surface area contributed by atoms with Crippen molar-refractivity contribution in [1.82, 2.24) is 9.88 Å². The van der Waals surface area contributed by atoms with Gasteiger partial charge in [-0.2, -0.15) is 13.2 Å². The van der Waals surface area contributed by atoms with E-state index in [-0.39, 0.29) is 5.69 Å². The molecule has 1 aliphatic rings. The zero-order valence-electron chi connectivity index (χ0n) is 15.3. The standard InChI is InChI=1S/C19H19F3N4OS/c1-12-3-5-13(6-4-12)26(2)11-25-17-15(9-27)28-18-16(17)14(7-8-23-18)24-10-19(20,21)22/h3,5-9,11-12H,4,10H2,1-2H3,(H,23,24). The van der Waals surface area contributed by atoms with Crippen LogP contribution in [0.1, 0.15) is 23.0 Å². The zero-order valence-corrected chi connectivity index (χ0v) is 16.1. The lowest BCUT2D eigenvalue weighted by atomic mass is 10.0. The number of aliphatic imine (C=N–C) groups is 1. The van der Waals surface area contributed by atoms with E-state index >= 15 is 0 Å². The highest BCUT2D eigenvalue weighted by Crippen LogP contribution is 2.40. The van der Waals surface area contributed by atoms with Crippen LogP contribution in [0.5, 0.6) is 0 Å². The van der Waals surface area contributed by atoms with Gasteiger partial charge in [0.1, 0.15) is 11.4 Å². The van der Waals surface area contributed by atoms with Gasteiger partial charge in [0.25, 0.3) is 0 Å². The third kappa shape index (κ3) is 4.59. The summed E-state index contributed by atoms with van der Waals surface area (Å²) in [5.41, 5.74) is 1.52. The minimum absolute atomic E-state index is 0.243. The summed E-state index contributed by atoms with van der Waals surface area (Å²) in [5, 5.41) is 2.78. The highest BCUT2D eigenvalue weighted by molar-refractivity contribution is 7.21. The number of alkyl halides is 3. The Balaban J connectivity index is 1.95. The zero-order chi connectivity index (χ0) is 20.3. The smallest absolute Gasteiger partial charge is 0.376 e. The lowest BCUT2D eigenvalue weighted by Crippen LogP contribution is -2.21. The van der Waals surface area contributed by atoms with E-state index in [1.807, 2.05) is 13.1 Å². The van der Waals surface area contributed by atoms with Gasteiger partial charge in [-0.25, -0.2) is 9.98 Å². The summed E-state index contributed by atoms with van der Waals surface area (Å²) < 4.78 is 37.9. The molecule has 1 N–H and O–H groups in total. The molecule has 148 valence electrons. The van der Waals surface area contributed by atoms with E-state index in [0.717, 1.165) is 23.5 Å². The second kappa shape index (κ2) is 8.14. The van der Waals surface area contributed by atoms with Gasteiger partial charge in [-0.1, -0.05) is 19.1 Å². The van der Waals surface area contributed by atoms with E-state index in [9.17, 15) is 18.0 Å². The van der Waals surface area contributed by atoms with E-state index in [4.69, 9.17) is 0 Å². The van der Waals surface area contributed by atoms with Crippen molar-refractivity contribution in [2.24, 2.45) is 10.9 Å². The van der Waals surface area contributed by atoms with Crippen molar-refractivity contribution in [2.75, 3.05) is 18.9 Å². The first-order valence-corrected chi connectivity index (χ1v) is 9.43. The molecular formula is C19H19F3N4OS. The second-order valence-electron chi connectivity index (χ2n) is 6.50. The quantitative estimate of drug-likeness (QED) is 0.408. The molecule has 0 fully saturated rings. The lowest BCUT2D eigenvalue weighted by Gasteiger charge is -2.19. The molecular weight excluding hydrogens is 389 g/mol. The number of fused-ring (bicyclic) bond motifs is 1. The maximum Gasteiger partial charge on any atom is 0.405 e. The van der Waals surface area contributed by atoms with Crippen LogP contribution in [-0.4, -0.2) is 42.3 Å². The van der Waals surface area contributed by atoms with Gasteiger partial charge in [-0.05, 0) is 24.5 Å². The molecule has 5 nitrogen and oxygen atoms in total. The number of nitrogens with one attached hydrogen (secondary N) is 1. The Hall–Kier alpha value is -2.68. The number of nitrogens with zero attached hydrogens (tertiary/aromatic N) is 3. The molecule has 0 amide bonds. The van der Waals surface area contributed by atoms with Crippen molar-refractivity contribution < 1.29 is 18.0 Å². The molecule has 0 bridgehead atoms. The Labute approximate surface area is 164 Å². The van der Waals surface area contributed by atoms with Gasteiger partial charge in [0, 0.05) is 24.6 Å². The van der Waals surface area contributed by atoms with Crippen LogP contribution < -0.4 is 5.32 Å². The summed E-state index contributed by atoms with van der Waals surface area (Å²) in [6, 6.07) is 1.45. The molecule has 3 rings (SSSR count). The molecule has 1 unspecified atom stereocenters. The van der Waals surface area contributed by atoms with Gasteiger partial charge in [-0.3, -0.25) is 4.79 Å². The third-order valence-corrected chi connectivity index (χ3v) is 5.25. The number of thiophene rings is 1. The molecule has 2 heterocycles. The minimum atomic E-state index is -4.36. The van der Waals surface area contributed by atoms with E-state index in [1.54, 1.807) is 11.2 Å². The van der Waals surface area contributed by atoms with Crippen LogP contribution in [-0.2, 0) is 0 Å². The van der Waals surface area contributed by atoms with Crippen LogP contribution in [0.25, 0.3) is 10.2 Å². The summed E-state index contributed by atoms with van der Waals surface area (Å²) >= 11 is 1.10. The molecule has 1 aliphatic carbocycles. The van der Waals surface area contributed by atoms with Crippen molar-refractivity contribution >= 4 is 45.6 Å². The van der Waals surface area contributed by atoms with Crippen LogP contribution >= 0.6 is 11.3 Å². The fourth-order valence-corrected chi connectivity index (χ4v) is 3.69. The lowest BCUT2D eigenvalue weighted by molar-refractivity contribution is -0.115. The maximum atomic E-state index is 12.6. The van der Waals surface area contributed by atoms with Crippen LogP contribution in [0.15, 0.2) is 41.2 Å². The third-order valence-electron chi connectivity index (χ3n) is 4.24. The number of carbonyl (C=O) groups is 1. The molecule has 0 aromatic carbocycles. The van der Waals surface area contributed by atoms with Crippen LogP contribution in [0, 0.1) is 5.92 Å². The summed E-state index contributed by atoms with van der Waals surface area (Å²) in [4.78, 5) is 22.6. The Bertz CT molecular complexity index is 962. The van der Waals surface area contributed by atoms with Crippen molar-refractivity contribution in [2.45, 2.75) is 19.5 Å². The summed E-state index contributed by atoms with van der Waals surface area (Å²) in [6.45, 7) is 0.936. The Morgan fingerprint density at radius 2 is 2.25 bits per heavy atom. The van der Waals surface area contributed by atoms with Crippen molar-refractivity contribution in [3.63, 3.8) is 0 Å². The highest BCUT2D eigenvalue weighted by Gasteiger charge is 2.27. The molecule has 0 saturated carbocycles. The molecule has 0 saturated heterocycles. The molecule has 0 aliphatic heterocycles. The molecule has 1 atom stereocenters. The average Bonchev–Trinajstić information content (AvgIpc) is 3.02. The number of aromatic nitrogens is 1. The largest absolute Gasteiger partial charge is 0.405 e. The molecule has 2 aromatic rings. The fourth-order valence-electron chi connectivity index (χ4n) is 2.76. The second-order valence-corrected chi connectivity index (χ2v) is 7.53. The van der Waals surface area contributed by atoms with E-state index in [0.29, 0.717) is 33.0 Å².